The highest BCUT2D eigenvalue weighted by Crippen LogP contribution is 2.06. The van der Waals surface area contributed by atoms with Crippen molar-refractivity contribution < 1.29 is 38.6 Å². The van der Waals surface area contributed by atoms with Gasteiger partial charge in [0.05, 0.1) is 13.0 Å². The summed E-state index contributed by atoms with van der Waals surface area (Å²) in [5, 5.41) is 19.0. The van der Waals surface area contributed by atoms with Crippen LogP contribution in [0.15, 0.2) is 35.3 Å². The zero-order chi connectivity index (χ0) is 29.5. The number of amides is 5. The van der Waals surface area contributed by atoms with Gasteiger partial charge in [-0.15, -0.1) is 0 Å². The number of urea groups is 1. The topological polar surface area (TPSA) is 205 Å². The van der Waals surface area contributed by atoms with Crippen LogP contribution in [0.1, 0.15) is 32.6 Å². The molecule has 0 bridgehead atoms. The average molecular weight is 563 g/mol. The Bertz CT molecular complexity index is 1180. The third-order valence-electron chi connectivity index (χ3n) is 5.62. The first kappa shape index (κ1) is 31.5. The Balaban J connectivity index is 2.01. The van der Waals surface area contributed by atoms with Crippen molar-refractivity contribution in [3.63, 3.8) is 0 Å². The van der Waals surface area contributed by atoms with E-state index in [1.165, 1.54) is 30.5 Å². The maximum Gasteiger partial charge on any atom is 0.330 e. The molecule has 0 aromatic carbocycles. The molecule has 2 rings (SSSR count). The number of ether oxygens (including phenoxy) is 1. The Hall–Kier alpha value is -4.69. The van der Waals surface area contributed by atoms with Gasteiger partial charge in [0.2, 0.25) is 17.7 Å². The van der Waals surface area contributed by atoms with Gasteiger partial charge in [-0.3, -0.25) is 24.0 Å². The lowest BCUT2D eigenvalue weighted by atomic mass is 10.1. The molecule has 1 unspecified atom stereocenters. The third kappa shape index (κ3) is 11.0. The molecule has 1 saturated heterocycles. The summed E-state index contributed by atoms with van der Waals surface area (Å²) in [6, 6.07) is 1.44. The Morgan fingerprint density at radius 2 is 1.95 bits per heavy atom. The molecular formula is C25H34N6O9. The molecule has 2 heterocycles. The van der Waals surface area contributed by atoms with Crippen LogP contribution in [0, 0.1) is 0 Å². The predicted molar refractivity (Wildman–Crippen MR) is 141 cm³/mol. The van der Waals surface area contributed by atoms with E-state index in [0.717, 1.165) is 4.57 Å². The summed E-state index contributed by atoms with van der Waals surface area (Å²) in [4.78, 5) is 85.7. The highest BCUT2D eigenvalue weighted by molar-refractivity contribution is 5.97. The van der Waals surface area contributed by atoms with Crippen LogP contribution in [0.4, 0.5) is 10.5 Å². The molecule has 1 fully saturated rings. The standard InChI is InChI=1S/C25H34N6O9/c1-2-40-22(36)8-4-3-6-17(28-19(32)9-10-21(34)35)23(37)29-18-7-5-13-31(24(18)38)16-20(33)26-11-14-30-15-12-27-25(30)39/h4-5,7-8,13,17H,2-3,6,9-12,14-16H2,1H3,(H,26,33)(H,27,39)(H,28,32)(H,29,37)(H,34,35). The van der Waals surface area contributed by atoms with Gasteiger partial charge in [-0.25, -0.2) is 9.59 Å². The van der Waals surface area contributed by atoms with Crippen molar-refractivity contribution in [1.29, 1.82) is 0 Å². The highest BCUT2D eigenvalue weighted by Gasteiger charge is 2.22. The van der Waals surface area contributed by atoms with Crippen LogP contribution >= 0.6 is 0 Å². The van der Waals surface area contributed by atoms with Gasteiger partial charge in [0.1, 0.15) is 18.3 Å². The Kier molecular flexibility index (Phi) is 12.9. The van der Waals surface area contributed by atoms with Gasteiger partial charge in [0.15, 0.2) is 0 Å². The smallest absolute Gasteiger partial charge is 0.330 e. The molecule has 0 spiro atoms. The Morgan fingerprint density at radius 3 is 2.62 bits per heavy atom. The van der Waals surface area contributed by atoms with Crippen LogP contribution in [-0.4, -0.2) is 89.1 Å². The molecule has 0 saturated carbocycles. The van der Waals surface area contributed by atoms with Gasteiger partial charge in [0, 0.05) is 44.9 Å². The van der Waals surface area contributed by atoms with Gasteiger partial charge in [0.25, 0.3) is 5.56 Å². The first-order valence-electron chi connectivity index (χ1n) is 12.7. The summed E-state index contributed by atoms with van der Waals surface area (Å²) < 4.78 is 5.87. The molecule has 1 aliphatic rings. The van der Waals surface area contributed by atoms with E-state index in [2.05, 4.69) is 21.3 Å². The maximum atomic E-state index is 13.0. The number of esters is 1. The number of aromatic nitrogens is 1. The number of carboxylic acids is 1. The van der Waals surface area contributed by atoms with Gasteiger partial charge in [-0.05, 0) is 31.9 Å². The van der Waals surface area contributed by atoms with Gasteiger partial charge < -0.3 is 40.6 Å². The number of nitrogens with zero attached hydrogens (tertiary/aromatic N) is 2. The number of nitrogens with one attached hydrogen (secondary N) is 4. The number of carbonyl (C=O) groups excluding carboxylic acids is 5. The second-order valence-corrected chi connectivity index (χ2v) is 8.66. The molecule has 1 atom stereocenters. The van der Waals surface area contributed by atoms with Gasteiger partial charge in [-0.1, -0.05) is 6.08 Å². The first-order valence-corrected chi connectivity index (χ1v) is 12.7. The summed E-state index contributed by atoms with van der Waals surface area (Å²) in [5.41, 5.74) is -0.802. The van der Waals surface area contributed by atoms with Gasteiger partial charge in [-0.2, -0.15) is 0 Å². The number of rotatable bonds is 16. The predicted octanol–water partition coefficient (Wildman–Crippen LogP) is -0.823. The van der Waals surface area contributed by atoms with Crippen LogP contribution in [0.5, 0.6) is 0 Å². The van der Waals surface area contributed by atoms with Crippen LogP contribution in [0.2, 0.25) is 0 Å². The highest BCUT2D eigenvalue weighted by atomic mass is 16.5. The van der Waals surface area contributed by atoms with Crippen LogP contribution in [-0.2, 0) is 35.3 Å². The molecule has 15 heteroatoms. The fourth-order valence-corrected chi connectivity index (χ4v) is 3.63. The van der Waals surface area contributed by atoms with E-state index < -0.39 is 47.7 Å². The van der Waals surface area contributed by atoms with E-state index in [1.807, 2.05) is 0 Å². The molecule has 218 valence electrons. The SMILES string of the molecule is CCOC(=O)C=CCCC(NC(=O)CCC(=O)O)C(=O)Nc1cccn(CC(=O)NCCN2CCNC2=O)c1=O. The normalized spacial score (nSPS) is 13.4. The second kappa shape index (κ2) is 16.3. The molecule has 15 nitrogen and oxygen atoms in total. The number of carbonyl (C=O) groups is 6. The summed E-state index contributed by atoms with van der Waals surface area (Å²) >= 11 is 0. The molecule has 1 aromatic rings. The first-order chi connectivity index (χ1) is 19.1. The molecular weight excluding hydrogens is 528 g/mol. The summed E-state index contributed by atoms with van der Waals surface area (Å²) in [7, 11) is 0. The van der Waals surface area contributed by atoms with Crippen molar-refractivity contribution in [3.8, 4) is 0 Å². The van der Waals surface area contributed by atoms with Crippen molar-refractivity contribution in [2.24, 2.45) is 0 Å². The van der Waals surface area contributed by atoms with Crippen LogP contribution in [0.25, 0.3) is 0 Å². The zero-order valence-electron chi connectivity index (χ0n) is 22.1. The molecule has 0 aliphatic carbocycles. The van der Waals surface area contributed by atoms with E-state index >= 15 is 0 Å². The van der Waals surface area contributed by atoms with E-state index in [-0.39, 0.29) is 50.7 Å². The van der Waals surface area contributed by atoms with Gasteiger partial charge >= 0.3 is 18.0 Å². The minimum Gasteiger partial charge on any atom is -0.481 e. The molecule has 0 radical (unpaired) electrons. The Labute approximate surface area is 229 Å². The third-order valence-corrected chi connectivity index (χ3v) is 5.62. The van der Waals surface area contributed by atoms with E-state index in [4.69, 9.17) is 9.84 Å². The zero-order valence-corrected chi connectivity index (χ0v) is 22.1. The number of pyridine rings is 1. The van der Waals surface area contributed by atoms with E-state index in [0.29, 0.717) is 19.6 Å². The largest absolute Gasteiger partial charge is 0.481 e. The van der Waals surface area contributed by atoms with Crippen molar-refractivity contribution >= 4 is 41.4 Å². The number of hydrogen-bond donors (Lipinski definition) is 5. The number of allylic oxidation sites excluding steroid dienone is 1. The van der Waals surface area contributed by atoms with Crippen molar-refractivity contribution in [2.45, 2.75) is 45.2 Å². The quantitative estimate of drug-likeness (QED) is 0.126. The number of hydrogen-bond acceptors (Lipinski definition) is 8. The number of anilines is 1. The minimum absolute atomic E-state index is 0.0407. The van der Waals surface area contributed by atoms with Crippen LogP contribution in [0.3, 0.4) is 0 Å². The average Bonchev–Trinajstić information content (AvgIpc) is 3.31. The molecule has 1 aliphatic heterocycles. The van der Waals surface area contributed by atoms with Crippen LogP contribution < -0.4 is 26.8 Å². The lowest BCUT2D eigenvalue weighted by Gasteiger charge is -2.18. The minimum atomic E-state index is -1.18. The number of aliphatic carboxylic acids is 1. The maximum absolute atomic E-state index is 13.0. The second-order valence-electron chi connectivity index (χ2n) is 8.66. The molecule has 1 aromatic heterocycles. The van der Waals surface area contributed by atoms with Crippen molar-refractivity contribution in [2.75, 3.05) is 38.1 Å². The van der Waals surface area contributed by atoms with Crippen molar-refractivity contribution in [3.05, 3.63) is 40.8 Å². The summed E-state index contributed by atoms with van der Waals surface area (Å²) in [5.74, 6) is -3.63. The Morgan fingerprint density at radius 1 is 1.18 bits per heavy atom. The van der Waals surface area contributed by atoms with Crippen molar-refractivity contribution in [1.82, 2.24) is 25.4 Å². The molecule has 40 heavy (non-hydrogen) atoms. The van der Waals surface area contributed by atoms with E-state index in [9.17, 15) is 33.6 Å². The monoisotopic (exact) mass is 562 g/mol. The molecule has 5 amide bonds. The summed E-state index contributed by atoms with van der Waals surface area (Å²) in [6.07, 6.45) is 3.47. The summed E-state index contributed by atoms with van der Waals surface area (Å²) in [6.45, 7) is 3.11. The molecule has 5 N–H and O–H groups in total. The lowest BCUT2D eigenvalue weighted by molar-refractivity contribution is -0.139. The lowest BCUT2D eigenvalue weighted by Crippen LogP contribution is -2.44. The fraction of sp³-hybridized carbons (Fsp3) is 0.480. The number of carboxylic acid groups (broad SMARTS) is 1. The fourth-order valence-electron chi connectivity index (χ4n) is 3.63. The van der Waals surface area contributed by atoms with E-state index in [1.54, 1.807) is 11.8 Å².